The SMILES string of the molecule is CN=C(NCc1ccc(CN2CCCCCC2)cc1)NC(C)C. The topological polar surface area (TPSA) is 39.7 Å². The highest BCUT2D eigenvalue weighted by Gasteiger charge is 2.09. The molecule has 1 heterocycles. The number of likely N-dealkylation sites (tertiary alicyclic amines) is 1. The van der Waals surface area contributed by atoms with Crippen LogP contribution in [0.3, 0.4) is 0 Å². The third-order valence-corrected chi connectivity index (χ3v) is 4.24. The van der Waals surface area contributed by atoms with Crippen LogP contribution in [0.5, 0.6) is 0 Å². The van der Waals surface area contributed by atoms with E-state index in [2.05, 4.69) is 58.6 Å². The lowest BCUT2D eigenvalue weighted by molar-refractivity contribution is 0.277. The fraction of sp³-hybridized carbons (Fsp3) is 0.632. The van der Waals surface area contributed by atoms with E-state index < -0.39 is 0 Å². The molecule has 2 rings (SSSR count). The van der Waals surface area contributed by atoms with Crippen LogP contribution < -0.4 is 10.6 Å². The van der Waals surface area contributed by atoms with Crippen LogP contribution in [0.2, 0.25) is 0 Å². The van der Waals surface area contributed by atoms with Gasteiger partial charge in [-0.2, -0.15) is 0 Å². The van der Waals surface area contributed by atoms with Gasteiger partial charge >= 0.3 is 0 Å². The number of hydrogen-bond donors (Lipinski definition) is 2. The lowest BCUT2D eigenvalue weighted by Gasteiger charge is -2.20. The lowest BCUT2D eigenvalue weighted by atomic mass is 10.1. The van der Waals surface area contributed by atoms with Gasteiger partial charge in [-0.05, 0) is 50.9 Å². The Hall–Kier alpha value is -1.55. The van der Waals surface area contributed by atoms with Gasteiger partial charge in [0, 0.05) is 26.2 Å². The van der Waals surface area contributed by atoms with Crippen LogP contribution in [-0.4, -0.2) is 37.0 Å². The van der Waals surface area contributed by atoms with Gasteiger partial charge < -0.3 is 10.6 Å². The summed E-state index contributed by atoms with van der Waals surface area (Å²) in [5, 5.41) is 6.66. The van der Waals surface area contributed by atoms with Crippen molar-refractivity contribution in [1.29, 1.82) is 0 Å². The molecule has 4 heteroatoms. The van der Waals surface area contributed by atoms with E-state index >= 15 is 0 Å². The maximum absolute atomic E-state index is 4.23. The molecule has 0 unspecified atom stereocenters. The first-order valence-electron chi connectivity index (χ1n) is 8.94. The fourth-order valence-electron chi connectivity index (χ4n) is 2.97. The predicted octanol–water partition coefficient (Wildman–Crippen LogP) is 3.14. The summed E-state index contributed by atoms with van der Waals surface area (Å²) in [5.41, 5.74) is 2.71. The molecule has 1 aliphatic rings. The van der Waals surface area contributed by atoms with Gasteiger partial charge in [-0.15, -0.1) is 0 Å². The van der Waals surface area contributed by atoms with Gasteiger partial charge in [0.05, 0.1) is 0 Å². The summed E-state index contributed by atoms with van der Waals surface area (Å²) in [6.45, 7) is 8.62. The summed E-state index contributed by atoms with van der Waals surface area (Å²) < 4.78 is 0. The van der Waals surface area contributed by atoms with Gasteiger partial charge in [-0.25, -0.2) is 0 Å². The van der Waals surface area contributed by atoms with Crippen molar-refractivity contribution in [3.8, 4) is 0 Å². The Morgan fingerprint density at radius 1 is 1.04 bits per heavy atom. The summed E-state index contributed by atoms with van der Waals surface area (Å²) in [6.07, 6.45) is 5.49. The number of benzene rings is 1. The van der Waals surface area contributed by atoms with E-state index in [1.165, 1.54) is 49.9 Å². The summed E-state index contributed by atoms with van der Waals surface area (Å²) in [5.74, 6) is 0.855. The van der Waals surface area contributed by atoms with Crippen molar-refractivity contribution in [3.05, 3.63) is 35.4 Å². The Morgan fingerprint density at radius 2 is 1.65 bits per heavy atom. The van der Waals surface area contributed by atoms with Crippen LogP contribution in [0, 0.1) is 0 Å². The molecule has 0 atom stereocenters. The van der Waals surface area contributed by atoms with E-state index in [0.717, 1.165) is 19.0 Å². The minimum atomic E-state index is 0.386. The molecule has 128 valence electrons. The fourth-order valence-corrected chi connectivity index (χ4v) is 2.97. The molecule has 1 fully saturated rings. The van der Waals surface area contributed by atoms with Gasteiger partial charge in [-0.1, -0.05) is 37.1 Å². The average Bonchev–Trinajstić information content (AvgIpc) is 2.81. The van der Waals surface area contributed by atoms with Crippen molar-refractivity contribution in [3.63, 3.8) is 0 Å². The molecule has 1 aromatic rings. The van der Waals surface area contributed by atoms with Crippen molar-refractivity contribution in [2.24, 2.45) is 4.99 Å². The van der Waals surface area contributed by atoms with Crippen LogP contribution in [0.25, 0.3) is 0 Å². The number of hydrogen-bond acceptors (Lipinski definition) is 2. The Balaban J connectivity index is 1.81. The summed E-state index contributed by atoms with van der Waals surface area (Å²) in [6, 6.07) is 9.37. The first-order chi connectivity index (χ1) is 11.2. The van der Waals surface area contributed by atoms with E-state index in [-0.39, 0.29) is 0 Å². The Morgan fingerprint density at radius 3 is 2.22 bits per heavy atom. The number of rotatable bonds is 5. The molecule has 0 saturated carbocycles. The third-order valence-electron chi connectivity index (χ3n) is 4.24. The second-order valence-electron chi connectivity index (χ2n) is 6.73. The highest BCUT2D eigenvalue weighted by molar-refractivity contribution is 5.79. The summed E-state index contributed by atoms with van der Waals surface area (Å²) in [4.78, 5) is 6.83. The Bertz CT molecular complexity index is 471. The van der Waals surface area contributed by atoms with E-state index in [1.807, 2.05) is 7.05 Å². The maximum atomic E-state index is 4.23. The zero-order valence-electron chi connectivity index (χ0n) is 14.9. The zero-order chi connectivity index (χ0) is 16.5. The standard InChI is InChI=1S/C19H32N4/c1-16(2)22-19(20-3)21-14-17-8-10-18(11-9-17)15-23-12-6-4-5-7-13-23/h8-11,16H,4-7,12-15H2,1-3H3,(H2,20,21,22). The summed E-state index contributed by atoms with van der Waals surface area (Å²) in [7, 11) is 1.81. The second-order valence-corrected chi connectivity index (χ2v) is 6.73. The molecule has 0 aliphatic carbocycles. The van der Waals surface area contributed by atoms with E-state index in [9.17, 15) is 0 Å². The molecule has 4 nitrogen and oxygen atoms in total. The van der Waals surface area contributed by atoms with E-state index in [1.54, 1.807) is 0 Å². The number of aliphatic imine (C=N–C) groups is 1. The highest BCUT2D eigenvalue weighted by atomic mass is 15.2. The van der Waals surface area contributed by atoms with Gasteiger partial charge in [0.2, 0.25) is 0 Å². The molecule has 0 aromatic heterocycles. The van der Waals surface area contributed by atoms with Gasteiger partial charge in [0.15, 0.2) is 5.96 Å². The number of guanidine groups is 1. The van der Waals surface area contributed by atoms with Crippen LogP contribution in [0.15, 0.2) is 29.3 Å². The van der Waals surface area contributed by atoms with Gasteiger partial charge in [-0.3, -0.25) is 9.89 Å². The molecular weight excluding hydrogens is 284 g/mol. The molecule has 0 amide bonds. The van der Waals surface area contributed by atoms with Gasteiger partial charge in [0.25, 0.3) is 0 Å². The van der Waals surface area contributed by atoms with Crippen molar-refractivity contribution < 1.29 is 0 Å². The monoisotopic (exact) mass is 316 g/mol. The number of nitrogens with one attached hydrogen (secondary N) is 2. The quantitative estimate of drug-likeness (QED) is 0.647. The third kappa shape index (κ3) is 6.61. The largest absolute Gasteiger partial charge is 0.354 e. The zero-order valence-corrected chi connectivity index (χ0v) is 14.9. The van der Waals surface area contributed by atoms with Crippen LogP contribution >= 0.6 is 0 Å². The molecule has 23 heavy (non-hydrogen) atoms. The molecular formula is C19H32N4. The maximum Gasteiger partial charge on any atom is 0.191 e. The smallest absolute Gasteiger partial charge is 0.191 e. The van der Waals surface area contributed by atoms with Crippen LogP contribution in [0.1, 0.15) is 50.7 Å². The highest BCUT2D eigenvalue weighted by Crippen LogP contribution is 2.13. The normalized spacial score (nSPS) is 17.1. The van der Waals surface area contributed by atoms with E-state index in [0.29, 0.717) is 6.04 Å². The molecule has 0 bridgehead atoms. The predicted molar refractivity (Wildman–Crippen MR) is 98.7 cm³/mol. The van der Waals surface area contributed by atoms with Crippen molar-refractivity contribution >= 4 is 5.96 Å². The molecule has 1 aliphatic heterocycles. The minimum absolute atomic E-state index is 0.386. The van der Waals surface area contributed by atoms with E-state index in [4.69, 9.17) is 0 Å². The molecule has 1 aromatic carbocycles. The molecule has 2 N–H and O–H groups in total. The lowest BCUT2D eigenvalue weighted by Crippen LogP contribution is -2.40. The van der Waals surface area contributed by atoms with Crippen molar-refractivity contribution in [2.45, 2.75) is 58.7 Å². The Labute approximate surface area is 141 Å². The number of nitrogens with zero attached hydrogens (tertiary/aromatic N) is 2. The first-order valence-corrected chi connectivity index (χ1v) is 8.94. The Kier molecular flexibility index (Phi) is 7.40. The first kappa shape index (κ1) is 17.8. The van der Waals surface area contributed by atoms with Crippen molar-refractivity contribution in [1.82, 2.24) is 15.5 Å². The molecule has 0 spiro atoms. The molecule has 1 saturated heterocycles. The van der Waals surface area contributed by atoms with Crippen molar-refractivity contribution in [2.75, 3.05) is 20.1 Å². The molecule has 0 radical (unpaired) electrons. The average molecular weight is 316 g/mol. The van der Waals surface area contributed by atoms with Crippen LogP contribution in [0.4, 0.5) is 0 Å². The van der Waals surface area contributed by atoms with Crippen LogP contribution in [-0.2, 0) is 13.1 Å². The second kappa shape index (κ2) is 9.56. The summed E-state index contributed by atoms with van der Waals surface area (Å²) >= 11 is 0. The minimum Gasteiger partial charge on any atom is -0.354 e. The van der Waals surface area contributed by atoms with Gasteiger partial charge in [0.1, 0.15) is 0 Å².